The predicted molar refractivity (Wildman–Crippen MR) is 71.1 cm³/mol. The number of phenols is 2. The zero-order valence-corrected chi connectivity index (χ0v) is 11.4. The third kappa shape index (κ3) is 2.29. The number of aromatic hydroxyl groups is 2. The number of phenolic OH excluding ortho intramolecular Hbond substituents is 2. The van der Waals surface area contributed by atoms with Gasteiger partial charge in [-0.15, -0.1) is 0 Å². The molecule has 0 saturated heterocycles. The van der Waals surface area contributed by atoms with Gasteiger partial charge in [0.05, 0.1) is 4.90 Å². The van der Waals surface area contributed by atoms with E-state index in [-0.39, 0.29) is 21.3 Å². The summed E-state index contributed by atoms with van der Waals surface area (Å²) in [6.07, 6.45) is 0. The lowest BCUT2D eigenvalue weighted by atomic mass is 10.1. The molecule has 0 unspecified atom stereocenters. The van der Waals surface area contributed by atoms with Gasteiger partial charge in [-0.25, -0.2) is 8.42 Å². The quantitative estimate of drug-likeness (QED) is 0.885. The second-order valence-electron chi connectivity index (χ2n) is 4.35. The van der Waals surface area contributed by atoms with Crippen LogP contribution in [-0.2, 0) is 9.84 Å². The topological polar surface area (TPSA) is 74.6 Å². The van der Waals surface area contributed by atoms with E-state index in [1.54, 1.807) is 19.9 Å². The van der Waals surface area contributed by atoms with Crippen molar-refractivity contribution in [2.45, 2.75) is 23.6 Å². The molecule has 0 saturated carbocycles. The maximum Gasteiger partial charge on any atom is 0.210 e. The molecular formula is C14H14O4S. The highest BCUT2D eigenvalue weighted by Gasteiger charge is 2.23. The second-order valence-corrected chi connectivity index (χ2v) is 6.27. The number of aryl methyl sites for hydroxylation is 1. The fourth-order valence-corrected chi connectivity index (χ4v) is 3.21. The Morgan fingerprint density at radius 1 is 1.00 bits per heavy atom. The van der Waals surface area contributed by atoms with Gasteiger partial charge < -0.3 is 10.2 Å². The van der Waals surface area contributed by atoms with E-state index < -0.39 is 9.84 Å². The molecule has 2 aromatic rings. The standard InChI is InChI=1S/C14H14O4S/c1-9-6-7-13(14(16)10(9)2)19(17,18)12-5-3-4-11(15)8-12/h3-8,15-16H,1-2H3. The Kier molecular flexibility index (Phi) is 3.24. The first-order valence-electron chi connectivity index (χ1n) is 5.67. The highest BCUT2D eigenvalue weighted by Crippen LogP contribution is 2.33. The number of benzene rings is 2. The molecule has 0 aliphatic carbocycles. The van der Waals surface area contributed by atoms with Crippen LogP contribution >= 0.6 is 0 Å². The predicted octanol–water partition coefficient (Wildman–Crippen LogP) is 2.55. The Labute approximate surface area is 111 Å². The van der Waals surface area contributed by atoms with Crippen LogP contribution in [0.5, 0.6) is 11.5 Å². The molecule has 0 atom stereocenters. The van der Waals surface area contributed by atoms with Gasteiger partial charge in [-0.3, -0.25) is 0 Å². The Bertz CT molecular complexity index is 733. The highest BCUT2D eigenvalue weighted by molar-refractivity contribution is 7.91. The molecule has 19 heavy (non-hydrogen) atoms. The molecule has 100 valence electrons. The van der Waals surface area contributed by atoms with Crippen molar-refractivity contribution in [2.75, 3.05) is 0 Å². The molecule has 0 heterocycles. The lowest BCUT2D eigenvalue weighted by molar-refractivity contribution is 0.453. The van der Waals surface area contributed by atoms with E-state index in [2.05, 4.69) is 0 Å². The normalized spacial score (nSPS) is 11.5. The van der Waals surface area contributed by atoms with Gasteiger partial charge in [-0.1, -0.05) is 12.1 Å². The first-order chi connectivity index (χ1) is 8.84. The van der Waals surface area contributed by atoms with Gasteiger partial charge in [0.2, 0.25) is 9.84 Å². The van der Waals surface area contributed by atoms with Crippen LogP contribution in [0.4, 0.5) is 0 Å². The molecule has 0 aromatic heterocycles. The minimum absolute atomic E-state index is 0.0500. The van der Waals surface area contributed by atoms with Crippen molar-refractivity contribution in [1.29, 1.82) is 0 Å². The van der Waals surface area contributed by atoms with Gasteiger partial charge in [0, 0.05) is 0 Å². The Morgan fingerprint density at radius 2 is 1.68 bits per heavy atom. The maximum absolute atomic E-state index is 12.4. The number of sulfone groups is 1. The van der Waals surface area contributed by atoms with Crippen LogP contribution in [-0.4, -0.2) is 18.6 Å². The molecule has 0 fully saturated rings. The van der Waals surface area contributed by atoms with Crippen LogP contribution < -0.4 is 0 Å². The number of hydrogen-bond acceptors (Lipinski definition) is 4. The summed E-state index contributed by atoms with van der Waals surface area (Å²) >= 11 is 0. The zero-order valence-electron chi connectivity index (χ0n) is 10.6. The minimum atomic E-state index is -3.84. The van der Waals surface area contributed by atoms with Gasteiger partial charge in [0.15, 0.2) is 0 Å². The number of rotatable bonds is 2. The molecule has 0 aliphatic heterocycles. The molecule has 0 aliphatic rings. The third-order valence-corrected chi connectivity index (χ3v) is 4.87. The largest absolute Gasteiger partial charge is 0.508 e. The van der Waals surface area contributed by atoms with Crippen LogP contribution in [0.3, 0.4) is 0 Å². The average Bonchev–Trinajstić information content (AvgIpc) is 2.36. The fraction of sp³-hybridized carbons (Fsp3) is 0.143. The Hall–Kier alpha value is -2.01. The van der Waals surface area contributed by atoms with Crippen molar-refractivity contribution in [3.63, 3.8) is 0 Å². The van der Waals surface area contributed by atoms with Crippen molar-refractivity contribution in [3.05, 3.63) is 47.5 Å². The van der Waals surface area contributed by atoms with Crippen LogP contribution in [0.25, 0.3) is 0 Å². The van der Waals surface area contributed by atoms with Crippen molar-refractivity contribution in [2.24, 2.45) is 0 Å². The van der Waals surface area contributed by atoms with E-state index >= 15 is 0 Å². The van der Waals surface area contributed by atoms with E-state index in [9.17, 15) is 18.6 Å². The summed E-state index contributed by atoms with van der Waals surface area (Å²) in [6, 6.07) is 8.38. The Morgan fingerprint density at radius 3 is 2.32 bits per heavy atom. The van der Waals surface area contributed by atoms with Gasteiger partial charge in [-0.05, 0) is 49.2 Å². The maximum atomic E-state index is 12.4. The highest BCUT2D eigenvalue weighted by atomic mass is 32.2. The molecule has 2 N–H and O–H groups in total. The summed E-state index contributed by atoms with van der Waals surface area (Å²) in [7, 11) is -3.84. The first kappa shape index (κ1) is 13.4. The van der Waals surface area contributed by atoms with Crippen LogP contribution in [0.2, 0.25) is 0 Å². The zero-order chi connectivity index (χ0) is 14.2. The molecule has 5 heteroatoms. The molecule has 2 rings (SSSR count). The van der Waals surface area contributed by atoms with E-state index in [0.29, 0.717) is 5.56 Å². The van der Waals surface area contributed by atoms with E-state index in [4.69, 9.17) is 0 Å². The van der Waals surface area contributed by atoms with Crippen molar-refractivity contribution in [3.8, 4) is 11.5 Å². The fourth-order valence-electron chi connectivity index (χ4n) is 1.77. The minimum Gasteiger partial charge on any atom is -0.508 e. The molecule has 0 amide bonds. The summed E-state index contributed by atoms with van der Waals surface area (Å²) in [4.78, 5) is -0.202. The van der Waals surface area contributed by atoms with E-state index in [1.807, 2.05) is 0 Å². The number of hydrogen-bond donors (Lipinski definition) is 2. The molecular weight excluding hydrogens is 264 g/mol. The van der Waals surface area contributed by atoms with E-state index in [1.165, 1.54) is 24.3 Å². The van der Waals surface area contributed by atoms with Crippen molar-refractivity contribution in [1.82, 2.24) is 0 Å². The molecule has 4 nitrogen and oxygen atoms in total. The summed E-state index contributed by atoms with van der Waals surface area (Å²) in [5.74, 6) is -0.382. The molecule has 2 aromatic carbocycles. The summed E-state index contributed by atoms with van der Waals surface area (Å²) in [5, 5.41) is 19.4. The SMILES string of the molecule is Cc1ccc(S(=O)(=O)c2cccc(O)c2)c(O)c1C. The smallest absolute Gasteiger partial charge is 0.210 e. The lowest BCUT2D eigenvalue weighted by Gasteiger charge is -2.10. The van der Waals surface area contributed by atoms with Gasteiger partial charge in [0.1, 0.15) is 16.4 Å². The molecule has 0 radical (unpaired) electrons. The summed E-state index contributed by atoms with van der Waals surface area (Å²) < 4.78 is 24.8. The van der Waals surface area contributed by atoms with Crippen molar-refractivity contribution >= 4 is 9.84 Å². The third-order valence-electron chi connectivity index (χ3n) is 3.08. The van der Waals surface area contributed by atoms with E-state index in [0.717, 1.165) is 11.6 Å². The Balaban J connectivity index is 2.67. The monoisotopic (exact) mass is 278 g/mol. The average molecular weight is 278 g/mol. The molecule has 0 spiro atoms. The second kappa shape index (κ2) is 4.59. The summed E-state index contributed by atoms with van der Waals surface area (Å²) in [6.45, 7) is 3.45. The van der Waals surface area contributed by atoms with Gasteiger partial charge in [-0.2, -0.15) is 0 Å². The van der Waals surface area contributed by atoms with Crippen LogP contribution in [0.1, 0.15) is 11.1 Å². The van der Waals surface area contributed by atoms with Gasteiger partial charge >= 0.3 is 0 Å². The van der Waals surface area contributed by atoms with Gasteiger partial charge in [0.25, 0.3) is 0 Å². The molecule has 0 bridgehead atoms. The van der Waals surface area contributed by atoms with Crippen LogP contribution in [0.15, 0.2) is 46.2 Å². The first-order valence-corrected chi connectivity index (χ1v) is 7.15. The van der Waals surface area contributed by atoms with Crippen molar-refractivity contribution < 1.29 is 18.6 Å². The van der Waals surface area contributed by atoms with Crippen LogP contribution in [0, 0.1) is 13.8 Å². The lowest BCUT2D eigenvalue weighted by Crippen LogP contribution is -2.03. The summed E-state index contributed by atoms with van der Waals surface area (Å²) in [5.41, 5.74) is 1.34.